The quantitative estimate of drug-likeness (QED) is 0.308. The Kier molecular flexibility index (Phi) is 6.14. The van der Waals surface area contributed by atoms with Gasteiger partial charge in [0.2, 0.25) is 6.79 Å². The minimum atomic E-state index is -0.643. The third kappa shape index (κ3) is 4.44. The number of rotatable bonds is 3. The van der Waals surface area contributed by atoms with Crippen molar-refractivity contribution in [3.8, 4) is 11.5 Å². The second-order valence-corrected chi connectivity index (χ2v) is 12.1. The molecule has 2 heterocycles. The number of fused-ring (bicyclic) bond motifs is 1. The lowest BCUT2D eigenvalue weighted by Crippen LogP contribution is -2.45. The predicted molar refractivity (Wildman–Crippen MR) is 155 cm³/mol. The van der Waals surface area contributed by atoms with Gasteiger partial charge in [-0.05, 0) is 54.7 Å². The van der Waals surface area contributed by atoms with E-state index in [1.54, 1.807) is 0 Å². The van der Waals surface area contributed by atoms with E-state index in [9.17, 15) is 15.3 Å². The van der Waals surface area contributed by atoms with E-state index in [-0.39, 0.29) is 29.6 Å². The Hall–Kier alpha value is -3.84. The molecule has 198 valence electrons. The molecule has 0 radical (unpaired) electrons. The van der Waals surface area contributed by atoms with Crippen molar-refractivity contribution in [1.29, 1.82) is 5.41 Å². The van der Waals surface area contributed by atoms with Gasteiger partial charge < -0.3 is 14.6 Å². The van der Waals surface area contributed by atoms with Crippen molar-refractivity contribution in [3.63, 3.8) is 0 Å². The summed E-state index contributed by atoms with van der Waals surface area (Å²) >= 11 is 3.57. The number of carbonyl (C=O) groups is 1. The lowest BCUT2D eigenvalue weighted by atomic mass is 9.67. The summed E-state index contributed by atoms with van der Waals surface area (Å²) in [5.41, 5.74) is 4.68. The number of aliphatic hydroxyl groups is 1. The average Bonchev–Trinajstić information content (AvgIpc) is 3.35. The molecule has 2 N–H and O–H groups in total. The van der Waals surface area contributed by atoms with Crippen LogP contribution in [0, 0.1) is 17.7 Å². The Bertz CT molecular complexity index is 1590. The maximum absolute atomic E-state index is 14.0. The van der Waals surface area contributed by atoms with Crippen LogP contribution in [-0.2, 0) is 4.79 Å². The molecular formula is C32H29BrN2O4. The highest BCUT2D eigenvalue weighted by molar-refractivity contribution is 9.10. The lowest BCUT2D eigenvalue weighted by molar-refractivity contribution is -0.118. The minimum absolute atomic E-state index is 0.0191. The Morgan fingerprint density at radius 1 is 1.03 bits per heavy atom. The number of hydrogen-bond donors (Lipinski definition) is 2. The normalized spacial score (nSPS) is 21.2. The van der Waals surface area contributed by atoms with Gasteiger partial charge in [-0.3, -0.25) is 15.1 Å². The molecule has 7 heteroatoms. The first-order valence-corrected chi connectivity index (χ1v) is 13.7. The van der Waals surface area contributed by atoms with Crippen molar-refractivity contribution in [3.05, 3.63) is 105 Å². The van der Waals surface area contributed by atoms with Crippen LogP contribution in [0.25, 0.3) is 5.76 Å². The van der Waals surface area contributed by atoms with Gasteiger partial charge in [-0.15, -0.1) is 0 Å². The molecule has 39 heavy (non-hydrogen) atoms. The smallest absolute Gasteiger partial charge is 0.231 e. The maximum Gasteiger partial charge on any atom is 0.231 e. The van der Waals surface area contributed by atoms with Crippen LogP contribution < -0.4 is 14.4 Å². The highest BCUT2D eigenvalue weighted by Crippen LogP contribution is 2.52. The zero-order valence-electron chi connectivity index (χ0n) is 22.0. The number of carbonyl (C=O) groups excluding carboxylic acids is 1. The van der Waals surface area contributed by atoms with Crippen molar-refractivity contribution in [2.24, 2.45) is 5.41 Å². The van der Waals surface area contributed by atoms with Gasteiger partial charge in [0.15, 0.2) is 17.3 Å². The molecule has 6 rings (SSSR count). The summed E-state index contributed by atoms with van der Waals surface area (Å²) in [5, 5.41) is 21.4. The zero-order valence-corrected chi connectivity index (χ0v) is 23.6. The second-order valence-electron chi connectivity index (χ2n) is 11.1. The third-order valence-corrected chi connectivity index (χ3v) is 8.09. The topological polar surface area (TPSA) is 82.9 Å². The summed E-state index contributed by atoms with van der Waals surface area (Å²) in [5.74, 6) is 0.721. The summed E-state index contributed by atoms with van der Waals surface area (Å²) in [6.45, 7) is 6.29. The molecule has 1 unspecified atom stereocenters. The fourth-order valence-electron chi connectivity index (χ4n) is 5.81. The Labute approximate surface area is 236 Å². The summed E-state index contributed by atoms with van der Waals surface area (Å²) in [7, 11) is 0. The monoisotopic (exact) mass is 584 g/mol. The Balaban J connectivity index is 1.67. The molecule has 0 saturated carbocycles. The average molecular weight is 585 g/mol. The lowest BCUT2D eigenvalue weighted by Gasteiger charge is -2.45. The van der Waals surface area contributed by atoms with Crippen LogP contribution in [0.4, 0.5) is 5.69 Å². The molecule has 2 aliphatic heterocycles. The molecule has 1 atom stereocenters. The number of ketones is 1. The van der Waals surface area contributed by atoms with E-state index in [2.05, 4.69) is 29.8 Å². The van der Waals surface area contributed by atoms with Crippen LogP contribution in [0.1, 0.15) is 49.3 Å². The van der Waals surface area contributed by atoms with Crippen LogP contribution >= 0.6 is 15.9 Å². The van der Waals surface area contributed by atoms with Crippen LogP contribution in [0.3, 0.4) is 0 Å². The highest BCUT2D eigenvalue weighted by Gasteiger charge is 2.47. The van der Waals surface area contributed by atoms with Gasteiger partial charge in [0.25, 0.3) is 0 Å². The number of nitrogens with zero attached hydrogens (tertiary/aromatic N) is 1. The van der Waals surface area contributed by atoms with Crippen LogP contribution in [-0.4, -0.2) is 23.5 Å². The number of Topliss-reactive ketones (excluding diaryl/α,β-unsaturated/α-hetero) is 1. The first-order valence-electron chi connectivity index (χ1n) is 12.9. The number of ether oxygens (including phenoxy) is 2. The van der Waals surface area contributed by atoms with Crippen LogP contribution in [0.15, 0.2) is 88.0 Å². The van der Waals surface area contributed by atoms with Gasteiger partial charge in [-0.1, -0.05) is 71.7 Å². The van der Waals surface area contributed by atoms with Gasteiger partial charge in [0, 0.05) is 44.9 Å². The maximum atomic E-state index is 14.0. The van der Waals surface area contributed by atoms with Crippen LogP contribution in [0.2, 0.25) is 0 Å². The molecule has 0 spiro atoms. The summed E-state index contributed by atoms with van der Waals surface area (Å²) < 4.78 is 12.1. The van der Waals surface area contributed by atoms with Gasteiger partial charge in [-0.25, -0.2) is 0 Å². The molecular weight excluding hydrogens is 556 g/mol. The molecule has 0 amide bonds. The molecule has 6 nitrogen and oxygen atoms in total. The zero-order chi connectivity index (χ0) is 27.5. The van der Waals surface area contributed by atoms with Gasteiger partial charge in [0.05, 0.1) is 0 Å². The summed E-state index contributed by atoms with van der Waals surface area (Å²) in [6.07, 6.45) is 0.994. The number of amidine groups is 1. The Morgan fingerprint density at radius 2 is 1.77 bits per heavy atom. The van der Waals surface area contributed by atoms with Gasteiger partial charge >= 0.3 is 0 Å². The van der Waals surface area contributed by atoms with E-state index in [1.807, 2.05) is 78.6 Å². The van der Waals surface area contributed by atoms with Crippen molar-refractivity contribution >= 4 is 39.0 Å². The van der Waals surface area contributed by atoms with E-state index in [0.29, 0.717) is 41.1 Å². The molecule has 1 aliphatic carbocycles. The van der Waals surface area contributed by atoms with E-state index in [0.717, 1.165) is 27.0 Å². The van der Waals surface area contributed by atoms with Crippen LogP contribution in [0.5, 0.6) is 11.5 Å². The molecule has 3 aliphatic rings. The molecule has 0 bridgehead atoms. The van der Waals surface area contributed by atoms with Gasteiger partial charge in [-0.2, -0.15) is 0 Å². The van der Waals surface area contributed by atoms with Crippen molar-refractivity contribution in [1.82, 2.24) is 0 Å². The number of benzene rings is 3. The fraction of sp³-hybridized carbons (Fsp3) is 0.250. The van der Waals surface area contributed by atoms with Gasteiger partial charge in [0.1, 0.15) is 11.6 Å². The Morgan fingerprint density at radius 3 is 2.51 bits per heavy atom. The molecule has 0 fully saturated rings. The second kappa shape index (κ2) is 9.42. The van der Waals surface area contributed by atoms with E-state index < -0.39 is 5.92 Å². The van der Waals surface area contributed by atoms with E-state index in [4.69, 9.17) is 9.47 Å². The molecule has 3 aromatic carbocycles. The number of hydrogen-bond acceptors (Lipinski definition) is 5. The number of nitrogens with one attached hydrogen (secondary N) is 1. The fourth-order valence-corrected chi connectivity index (χ4v) is 6.19. The number of halogens is 1. The summed E-state index contributed by atoms with van der Waals surface area (Å²) in [4.78, 5) is 15.9. The molecule has 3 aromatic rings. The standard InChI is InChI=1S/C32H29BrN2O4/c1-18-7-9-19(10-8-18)30(37)29-27(20-11-12-25-26(13-20)39-17-38-25)28-23(15-32(2,3)16-24(28)36)35(31(29)34)22-6-4-5-21(33)14-22/h4-14,27,34,37H,15-17H2,1-3H3. The van der Waals surface area contributed by atoms with Crippen molar-refractivity contribution in [2.45, 2.75) is 39.5 Å². The first kappa shape index (κ1) is 25.4. The number of anilines is 1. The van der Waals surface area contributed by atoms with E-state index in [1.165, 1.54) is 0 Å². The predicted octanol–water partition coefficient (Wildman–Crippen LogP) is 7.68. The van der Waals surface area contributed by atoms with Crippen molar-refractivity contribution < 1.29 is 19.4 Å². The number of aliphatic hydroxyl groups excluding tert-OH is 1. The third-order valence-electron chi connectivity index (χ3n) is 7.60. The SMILES string of the molecule is Cc1ccc(C(O)=C2C(=N)N(c3cccc(Br)c3)C3=C(C(=O)CC(C)(C)C3)C2c2ccc3c(c2)OCO3)cc1. The molecule has 0 saturated heterocycles. The highest BCUT2D eigenvalue weighted by atomic mass is 79.9. The van der Waals surface area contributed by atoms with E-state index >= 15 is 0 Å². The summed E-state index contributed by atoms with van der Waals surface area (Å²) in [6, 6.07) is 20.9. The number of aryl methyl sites for hydroxylation is 1. The van der Waals surface area contributed by atoms with Crippen molar-refractivity contribution in [2.75, 3.05) is 11.7 Å². The first-order chi connectivity index (χ1) is 18.6. The largest absolute Gasteiger partial charge is 0.507 e. The minimum Gasteiger partial charge on any atom is -0.507 e. The number of allylic oxidation sites excluding steroid dienone is 2. The molecule has 0 aromatic heterocycles.